The Hall–Kier alpha value is -1.82. The maximum absolute atomic E-state index is 15.7. The molecular formula is C53H84F6N2O2S2. The lowest BCUT2D eigenvalue weighted by atomic mass is 9.71. The third-order valence-corrected chi connectivity index (χ3v) is 17.7. The summed E-state index contributed by atoms with van der Waals surface area (Å²) >= 11 is 2.40. The van der Waals surface area contributed by atoms with E-state index in [1.54, 1.807) is 13.8 Å². The number of amides is 2. The van der Waals surface area contributed by atoms with E-state index >= 15 is 26.3 Å². The van der Waals surface area contributed by atoms with Crippen molar-refractivity contribution in [2.45, 2.75) is 260 Å². The van der Waals surface area contributed by atoms with Crippen LogP contribution < -0.4 is 10.6 Å². The SMILES string of the molecule is CCCCCCCCCCCCCCCCNC(=O)CCC1=CC2=C3C(=C4C=C(CCC(=O)NCCCCCCCCCCCCCCCC)S[C@]4(C)[C@@]2(C)S1)C(F)(F)C(F)(F)C3(F)F. The molecule has 12 heteroatoms. The number of halogens is 6. The topological polar surface area (TPSA) is 58.2 Å². The van der Waals surface area contributed by atoms with E-state index < -0.39 is 38.4 Å². The quantitative estimate of drug-likeness (QED) is 0.0485. The highest BCUT2D eigenvalue weighted by atomic mass is 32.2. The zero-order valence-electron chi connectivity index (χ0n) is 40.6. The van der Waals surface area contributed by atoms with Crippen LogP contribution in [0.1, 0.15) is 233 Å². The largest absolute Gasteiger partial charge is 0.380 e. The highest BCUT2D eigenvalue weighted by Gasteiger charge is 2.84. The van der Waals surface area contributed by atoms with Gasteiger partial charge in [0.25, 0.3) is 0 Å². The molecule has 0 unspecified atom stereocenters. The standard InChI is InChI=1S/C53H84F6N2O2S2/c1-5-7-9-11-13-15-17-19-21-23-25-27-29-31-37-60-45(62)35-33-41-39-43-47-48(52(56,57)53(58,59)51(47,54)55)44-40-42(65-50(44,4)49(43,3)64-41)34-36-46(63)61-38-32-30-28-26-24-22-20-18-16-14-12-10-8-6-2/h39-40H,5-38H2,1-4H3,(H,60,62)(H,61,63)/t49-,50-/m0/s1. The molecule has 0 bridgehead atoms. The van der Waals surface area contributed by atoms with Gasteiger partial charge in [-0.15, -0.1) is 23.5 Å². The lowest BCUT2D eigenvalue weighted by molar-refractivity contribution is -0.258. The van der Waals surface area contributed by atoms with Crippen LogP contribution in [-0.4, -0.2) is 52.2 Å². The molecule has 0 aromatic rings. The Morgan fingerprint density at radius 3 is 0.985 bits per heavy atom. The van der Waals surface area contributed by atoms with Crippen molar-refractivity contribution in [3.05, 3.63) is 44.3 Å². The van der Waals surface area contributed by atoms with Crippen molar-refractivity contribution in [3.8, 4) is 0 Å². The molecule has 4 nitrogen and oxygen atoms in total. The van der Waals surface area contributed by atoms with Gasteiger partial charge in [-0.3, -0.25) is 9.59 Å². The van der Waals surface area contributed by atoms with Crippen LogP contribution in [0.4, 0.5) is 26.3 Å². The summed E-state index contributed by atoms with van der Waals surface area (Å²) in [5.74, 6) is -16.2. The van der Waals surface area contributed by atoms with Crippen molar-refractivity contribution in [1.82, 2.24) is 10.6 Å². The van der Waals surface area contributed by atoms with E-state index in [-0.39, 0.29) is 48.6 Å². The van der Waals surface area contributed by atoms with Crippen LogP contribution in [-0.2, 0) is 9.59 Å². The van der Waals surface area contributed by atoms with Crippen LogP contribution in [0.25, 0.3) is 0 Å². The van der Waals surface area contributed by atoms with E-state index in [9.17, 15) is 9.59 Å². The third kappa shape index (κ3) is 14.8. The van der Waals surface area contributed by atoms with Crippen LogP contribution >= 0.6 is 23.5 Å². The first-order valence-electron chi connectivity index (χ1n) is 26.0. The first kappa shape index (κ1) is 55.8. The number of carbonyl (C=O) groups is 2. The molecule has 0 aromatic carbocycles. The number of nitrogens with one attached hydrogen (secondary N) is 2. The van der Waals surface area contributed by atoms with Gasteiger partial charge in [0.15, 0.2) is 0 Å². The molecule has 2 heterocycles. The predicted octanol–water partition coefficient (Wildman–Crippen LogP) is 17.0. The van der Waals surface area contributed by atoms with Gasteiger partial charge in [0, 0.05) is 37.1 Å². The molecule has 2 amide bonds. The molecule has 1 saturated carbocycles. The maximum Gasteiger partial charge on any atom is 0.380 e. The molecule has 2 aliphatic heterocycles. The van der Waals surface area contributed by atoms with E-state index in [0.29, 0.717) is 22.9 Å². The van der Waals surface area contributed by atoms with Crippen molar-refractivity contribution < 1.29 is 35.9 Å². The lowest BCUT2D eigenvalue weighted by Crippen LogP contribution is -2.49. The Morgan fingerprint density at radius 2 is 0.708 bits per heavy atom. The first-order valence-corrected chi connectivity index (χ1v) is 27.7. The molecule has 0 saturated heterocycles. The van der Waals surface area contributed by atoms with Gasteiger partial charge in [0.2, 0.25) is 11.8 Å². The van der Waals surface area contributed by atoms with Gasteiger partial charge >= 0.3 is 17.8 Å². The molecule has 1 fully saturated rings. The van der Waals surface area contributed by atoms with Crippen molar-refractivity contribution in [2.24, 2.45) is 0 Å². The number of carbonyl (C=O) groups excluding carboxylic acids is 2. The summed E-state index contributed by atoms with van der Waals surface area (Å²) in [5, 5.41) is 5.89. The molecule has 2 N–H and O–H groups in total. The van der Waals surface area contributed by atoms with Gasteiger partial charge in [-0.2, -0.15) is 26.3 Å². The maximum atomic E-state index is 15.7. The summed E-state index contributed by atoms with van der Waals surface area (Å²) in [7, 11) is 0. The van der Waals surface area contributed by atoms with Crippen molar-refractivity contribution >= 4 is 35.3 Å². The normalized spacial score (nSPS) is 22.5. The molecular weight excluding hydrogens is 875 g/mol. The van der Waals surface area contributed by atoms with Crippen LogP contribution in [0.3, 0.4) is 0 Å². The zero-order valence-corrected chi connectivity index (χ0v) is 42.2. The molecule has 2 aliphatic carbocycles. The first-order chi connectivity index (χ1) is 31.1. The van der Waals surface area contributed by atoms with Crippen molar-refractivity contribution in [3.63, 3.8) is 0 Å². The summed E-state index contributed by atoms with van der Waals surface area (Å²) in [6, 6.07) is 0. The number of fused-ring (bicyclic) bond motifs is 4. The van der Waals surface area contributed by atoms with Crippen LogP contribution in [0, 0.1) is 0 Å². The smallest absolute Gasteiger partial charge is 0.356 e. The Labute approximate surface area is 398 Å². The summed E-state index contributed by atoms with van der Waals surface area (Å²) in [6.07, 6.45) is 37.8. The minimum absolute atomic E-state index is 0.0633. The van der Waals surface area contributed by atoms with Crippen LogP contribution in [0.15, 0.2) is 44.3 Å². The van der Waals surface area contributed by atoms with E-state index in [4.69, 9.17) is 0 Å². The predicted molar refractivity (Wildman–Crippen MR) is 262 cm³/mol. The van der Waals surface area contributed by atoms with Crippen LogP contribution in [0.5, 0.6) is 0 Å². The van der Waals surface area contributed by atoms with Gasteiger partial charge in [-0.1, -0.05) is 181 Å². The number of thioether (sulfide) groups is 2. The summed E-state index contributed by atoms with van der Waals surface area (Å²) in [6.45, 7) is 8.87. The second-order valence-corrected chi connectivity index (χ2v) is 22.8. The van der Waals surface area contributed by atoms with Crippen LogP contribution in [0.2, 0.25) is 0 Å². The Bertz CT molecular complexity index is 1530. The number of hydrogen-bond acceptors (Lipinski definition) is 4. The second-order valence-electron chi connectivity index (χ2n) is 19.7. The molecule has 0 aromatic heterocycles. The summed E-state index contributed by atoms with van der Waals surface area (Å²) < 4.78 is 90.8. The Kier molecular flexibility index (Phi) is 23.5. The lowest BCUT2D eigenvalue weighted by Gasteiger charge is -2.47. The third-order valence-electron chi connectivity index (χ3n) is 14.3. The number of alkyl halides is 6. The minimum Gasteiger partial charge on any atom is -0.356 e. The van der Waals surface area contributed by atoms with Gasteiger partial charge in [0.05, 0.1) is 9.49 Å². The molecule has 372 valence electrons. The highest BCUT2D eigenvalue weighted by molar-refractivity contribution is 8.09. The van der Waals surface area contributed by atoms with Gasteiger partial charge in [0.1, 0.15) is 0 Å². The fraction of sp³-hybridized carbons (Fsp3) is 0.811. The molecule has 0 radical (unpaired) electrons. The van der Waals surface area contributed by atoms with E-state index in [0.717, 1.165) is 38.5 Å². The zero-order chi connectivity index (χ0) is 47.4. The fourth-order valence-electron chi connectivity index (χ4n) is 10.0. The average Bonchev–Trinajstić information content (AvgIpc) is 3.83. The van der Waals surface area contributed by atoms with Crippen molar-refractivity contribution in [2.75, 3.05) is 13.1 Å². The molecule has 0 spiro atoms. The average molecular weight is 959 g/mol. The van der Waals surface area contributed by atoms with Crippen molar-refractivity contribution in [1.29, 1.82) is 0 Å². The summed E-state index contributed by atoms with van der Waals surface area (Å²) in [4.78, 5) is 26.8. The van der Waals surface area contributed by atoms with Gasteiger partial charge in [-0.05, 0) is 72.6 Å². The molecule has 4 rings (SSSR count). The molecule has 2 atom stereocenters. The van der Waals surface area contributed by atoms with E-state index in [2.05, 4.69) is 24.5 Å². The van der Waals surface area contributed by atoms with E-state index in [1.165, 1.54) is 177 Å². The van der Waals surface area contributed by atoms with Gasteiger partial charge in [-0.25, -0.2) is 0 Å². The Balaban J connectivity index is 1.21. The minimum atomic E-state index is -5.63. The monoisotopic (exact) mass is 959 g/mol. The number of rotatable bonds is 36. The fourth-order valence-corrected chi connectivity index (χ4v) is 13.3. The molecule has 4 aliphatic rings. The van der Waals surface area contributed by atoms with E-state index in [1.807, 2.05) is 0 Å². The number of unbranched alkanes of at least 4 members (excludes halogenated alkanes) is 26. The number of hydrogen-bond donors (Lipinski definition) is 2. The van der Waals surface area contributed by atoms with Gasteiger partial charge < -0.3 is 10.6 Å². The molecule has 65 heavy (non-hydrogen) atoms. The number of allylic oxidation sites excluding steroid dienone is 6. The Morgan fingerprint density at radius 1 is 0.446 bits per heavy atom. The highest BCUT2D eigenvalue weighted by Crippen LogP contribution is 2.74. The summed E-state index contributed by atoms with van der Waals surface area (Å²) in [5.41, 5.74) is -3.04. The second kappa shape index (κ2) is 27.4.